The van der Waals surface area contributed by atoms with Crippen LogP contribution >= 0.6 is 0 Å². The number of nitrogens with one attached hydrogen (secondary N) is 1. The van der Waals surface area contributed by atoms with E-state index in [-0.39, 0.29) is 30.1 Å². The Morgan fingerprint density at radius 3 is 2.61 bits per heavy atom. The van der Waals surface area contributed by atoms with Crippen LogP contribution in [-0.4, -0.2) is 30.6 Å². The molecule has 0 atom stereocenters. The molecule has 6 nitrogen and oxygen atoms in total. The van der Waals surface area contributed by atoms with E-state index < -0.39 is 23.3 Å². The van der Waals surface area contributed by atoms with Gasteiger partial charge in [-0.15, -0.1) is 12.3 Å². The predicted molar refractivity (Wildman–Crippen MR) is 95.6 cm³/mol. The summed E-state index contributed by atoms with van der Waals surface area (Å²) < 4.78 is 39.8. The van der Waals surface area contributed by atoms with Gasteiger partial charge in [0.15, 0.2) is 5.66 Å². The maximum Gasteiger partial charge on any atom is 0.416 e. The highest BCUT2D eigenvalue weighted by atomic mass is 19.4. The lowest BCUT2D eigenvalue weighted by Gasteiger charge is -2.19. The van der Waals surface area contributed by atoms with Crippen LogP contribution < -0.4 is 10.2 Å². The summed E-state index contributed by atoms with van der Waals surface area (Å²) >= 11 is 0. The Morgan fingerprint density at radius 2 is 2.04 bits per heavy atom. The van der Waals surface area contributed by atoms with E-state index in [1.807, 2.05) is 0 Å². The van der Waals surface area contributed by atoms with E-state index >= 15 is 0 Å². The highest BCUT2D eigenvalue weighted by molar-refractivity contribution is 5.99. The fraction of sp³-hybridized carbons (Fsp3) is 0.474. The van der Waals surface area contributed by atoms with Crippen molar-refractivity contribution in [2.45, 2.75) is 43.9 Å². The normalized spacial score (nSPS) is 17.5. The molecule has 0 unspecified atom stereocenters. The number of halogens is 3. The SMILES string of the molecule is C#CCCC1(CCNC(=O)c2cc(N3CCCC3=O)cc(C(F)(F)F)c2)N=N1. The molecule has 0 spiro atoms. The molecule has 1 N–H and O–H groups in total. The number of alkyl halides is 3. The van der Waals surface area contributed by atoms with Gasteiger partial charge in [-0.05, 0) is 24.6 Å². The number of carbonyl (C=O) groups excluding carboxylic acids is 2. The first-order valence-electron chi connectivity index (χ1n) is 8.92. The van der Waals surface area contributed by atoms with Gasteiger partial charge in [-0.25, -0.2) is 0 Å². The summed E-state index contributed by atoms with van der Waals surface area (Å²) in [6.07, 6.45) is 2.95. The third-order valence-corrected chi connectivity index (χ3v) is 4.76. The zero-order valence-electron chi connectivity index (χ0n) is 15.1. The summed E-state index contributed by atoms with van der Waals surface area (Å²) in [6, 6.07) is 3.00. The summed E-state index contributed by atoms with van der Waals surface area (Å²) in [5.41, 5.74) is -1.61. The molecule has 2 aliphatic heterocycles. The lowest BCUT2D eigenvalue weighted by atomic mass is 10.0. The first-order valence-corrected chi connectivity index (χ1v) is 8.92. The summed E-state index contributed by atoms with van der Waals surface area (Å²) in [5.74, 6) is 1.60. The van der Waals surface area contributed by atoms with Crippen LogP contribution in [0.2, 0.25) is 0 Å². The van der Waals surface area contributed by atoms with Crippen LogP contribution in [0.3, 0.4) is 0 Å². The molecule has 3 rings (SSSR count). The van der Waals surface area contributed by atoms with Crippen molar-refractivity contribution >= 4 is 17.5 Å². The first kappa shape index (κ1) is 19.9. The summed E-state index contributed by atoms with van der Waals surface area (Å²) in [7, 11) is 0. The van der Waals surface area contributed by atoms with E-state index in [0.29, 0.717) is 32.2 Å². The molecule has 2 heterocycles. The smallest absolute Gasteiger partial charge is 0.352 e. The van der Waals surface area contributed by atoms with Gasteiger partial charge in [0.1, 0.15) is 0 Å². The molecule has 0 aromatic heterocycles. The number of hydrogen-bond donors (Lipinski definition) is 1. The zero-order chi connectivity index (χ0) is 20.4. The standard InChI is InChI=1S/C19H19F3N4O2/c1-2-3-6-18(24-25-18)7-8-23-17(28)13-10-14(19(20,21)22)12-15(11-13)26-9-4-5-16(26)27/h1,10-12H,3-9H2,(H,23,28). The number of anilines is 1. The van der Waals surface area contributed by atoms with Crippen molar-refractivity contribution in [2.24, 2.45) is 10.2 Å². The summed E-state index contributed by atoms with van der Waals surface area (Å²) in [4.78, 5) is 25.6. The van der Waals surface area contributed by atoms with Crippen LogP contribution in [0, 0.1) is 12.3 Å². The van der Waals surface area contributed by atoms with Gasteiger partial charge in [-0.2, -0.15) is 23.4 Å². The molecule has 9 heteroatoms. The van der Waals surface area contributed by atoms with Gasteiger partial charge in [0.05, 0.1) is 5.56 Å². The Bertz CT molecular complexity index is 852. The van der Waals surface area contributed by atoms with Crippen molar-refractivity contribution < 1.29 is 22.8 Å². The second-order valence-electron chi connectivity index (χ2n) is 6.81. The minimum Gasteiger partial charge on any atom is -0.352 e. The number of terminal acetylenes is 1. The van der Waals surface area contributed by atoms with E-state index in [4.69, 9.17) is 6.42 Å². The number of amides is 2. The van der Waals surface area contributed by atoms with Gasteiger partial charge in [0.2, 0.25) is 5.91 Å². The molecular formula is C19H19F3N4O2. The van der Waals surface area contributed by atoms with E-state index in [1.165, 1.54) is 11.0 Å². The molecule has 28 heavy (non-hydrogen) atoms. The quantitative estimate of drug-likeness (QED) is 0.721. The molecule has 1 aromatic rings. The third-order valence-electron chi connectivity index (χ3n) is 4.76. The van der Waals surface area contributed by atoms with E-state index in [2.05, 4.69) is 21.5 Å². The Hall–Kier alpha value is -2.89. The second-order valence-corrected chi connectivity index (χ2v) is 6.81. The van der Waals surface area contributed by atoms with E-state index in [1.54, 1.807) is 0 Å². The molecule has 0 aliphatic carbocycles. The van der Waals surface area contributed by atoms with Gasteiger partial charge < -0.3 is 10.2 Å². The average molecular weight is 392 g/mol. The van der Waals surface area contributed by atoms with E-state index in [9.17, 15) is 22.8 Å². The molecule has 1 aromatic carbocycles. The maximum atomic E-state index is 13.3. The molecule has 0 bridgehead atoms. The number of carbonyl (C=O) groups is 2. The van der Waals surface area contributed by atoms with Crippen molar-refractivity contribution in [1.82, 2.24) is 5.32 Å². The Kier molecular flexibility index (Phi) is 5.40. The Labute approximate surface area is 160 Å². The highest BCUT2D eigenvalue weighted by Gasteiger charge is 2.39. The van der Waals surface area contributed by atoms with Crippen molar-refractivity contribution in [1.29, 1.82) is 0 Å². The number of rotatable bonds is 7. The van der Waals surface area contributed by atoms with Crippen molar-refractivity contribution in [3.8, 4) is 12.3 Å². The van der Waals surface area contributed by atoms with Crippen LogP contribution in [0.25, 0.3) is 0 Å². The minimum atomic E-state index is -4.63. The van der Waals surface area contributed by atoms with Gasteiger partial charge >= 0.3 is 6.18 Å². The Morgan fingerprint density at radius 1 is 1.29 bits per heavy atom. The van der Waals surface area contributed by atoms with Crippen LogP contribution in [0.15, 0.2) is 28.4 Å². The number of nitrogens with zero attached hydrogens (tertiary/aromatic N) is 3. The maximum absolute atomic E-state index is 13.3. The van der Waals surface area contributed by atoms with Crippen molar-refractivity contribution in [3.05, 3.63) is 29.3 Å². The molecule has 1 saturated heterocycles. The molecule has 2 aliphatic rings. The third kappa shape index (κ3) is 4.50. The van der Waals surface area contributed by atoms with Crippen molar-refractivity contribution in [2.75, 3.05) is 18.0 Å². The number of benzene rings is 1. The van der Waals surface area contributed by atoms with Gasteiger partial charge in [0, 0.05) is 50.0 Å². The number of hydrogen-bond acceptors (Lipinski definition) is 4. The van der Waals surface area contributed by atoms with Crippen molar-refractivity contribution in [3.63, 3.8) is 0 Å². The largest absolute Gasteiger partial charge is 0.416 e. The lowest BCUT2D eigenvalue weighted by molar-refractivity contribution is -0.137. The molecule has 1 fully saturated rings. The van der Waals surface area contributed by atoms with Gasteiger partial charge in [-0.1, -0.05) is 0 Å². The van der Waals surface area contributed by atoms with Crippen LogP contribution in [-0.2, 0) is 11.0 Å². The Balaban J connectivity index is 1.72. The minimum absolute atomic E-state index is 0.0835. The second kappa shape index (κ2) is 7.62. The topological polar surface area (TPSA) is 74.1 Å². The van der Waals surface area contributed by atoms with Crippen LogP contribution in [0.1, 0.15) is 48.0 Å². The monoisotopic (exact) mass is 392 g/mol. The summed E-state index contributed by atoms with van der Waals surface area (Å²) in [5, 5.41) is 10.5. The first-order chi connectivity index (χ1) is 13.2. The highest BCUT2D eigenvalue weighted by Crippen LogP contribution is 2.36. The zero-order valence-corrected chi connectivity index (χ0v) is 15.1. The molecule has 148 valence electrons. The molecule has 0 saturated carbocycles. The molecule has 2 amide bonds. The average Bonchev–Trinajstić information content (AvgIpc) is 3.29. The lowest BCUT2D eigenvalue weighted by Crippen LogP contribution is -2.29. The summed E-state index contributed by atoms with van der Waals surface area (Å²) in [6.45, 7) is 0.534. The molecular weight excluding hydrogens is 373 g/mol. The van der Waals surface area contributed by atoms with Gasteiger partial charge in [0.25, 0.3) is 5.91 Å². The van der Waals surface area contributed by atoms with Crippen LogP contribution in [0.4, 0.5) is 18.9 Å². The predicted octanol–water partition coefficient (Wildman–Crippen LogP) is 3.53. The van der Waals surface area contributed by atoms with Crippen LogP contribution in [0.5, 0.6) is 0 Å². The fourth-order valence-corrected chi connectivity index (χ4v) is 3.13. The molecule has 0 radical (unpaired) electrons. The van der Waals surface area contributed by atoms with Gasteiger partial charge in [-0.3, -0.25) is 9.59 Å². The van der Waals surface area contributed by atoms with E-state index in [0.717, 1.165) is 12.1 Å². The fourth-order valence-electron chi connectivity index (χ4n) is 3.13.